The van der Waals surface area contributed by atoms with Crippen LogP contribution < -0.4 is 4.74 Å². The summed E-state index contributed by atoms with van der Waals surface area (Å²) in [5, 5.41) is 19.5. The number of nitrogens with zero attached hydrogens (tertiary/aromatic N) is 2. The van der Waals surface area contributed by atoms with Crippen LogP contribution in [0.3, 0.4) is 0 Å². The maximum absolute atomic E-state index is 10.8. The summed E-state index contributed by atoms with van der Waals surface area (Å²) in [5.41, 5.74) is 0.437. The summed E-state index contributed by atoms with van der Waals surface area (Å²) in [5.74, 6) is -1.85. The molecule has 8 heteroatoms. The van der Waals surface area contributed by atoms with E-state index in [1.54, 1.807) is 6.92 Å². The number of aliphatic carboxylic acids is 1. The smallest absolute Gasteiger partial charge is 0.407 e. The summed E-state index contributed by atoms with van der Waals surface area (Å²) < 4.78 is 5.32. The number of hydrogen-bond acceptors (Lipinski definition) is 5. The molecule has 1 rings (SSSR count). The molecule has 92 valence electrons. The van der Waals surface area contributed by atoms with Crippen molar-refractivity contribution in [3.05, 3.63) is 26.3 Å². The van der Waals surface area contributed by atoms with Gasteiger partial charge < -0.3 is 20.0 Å². The van der Waals surface area contributed by atoms with Gasteiger partial charge in [0, 0.05) is 27.6 Å². The van der Waals surface area contributed by atoms with E-state index in [-0.39, 0.29) is 10.4 Å². The molecular weight excluding hydrogens is 296 g/mol. The summed E-state index contributed by atoms with van der Waals surface area (Å²) in [4.78, 5) is 24.3. The summed E-state index contributed by atoms with van der Waals surface area (Å²) >= 11 is 3.02. The third-order valence-corrected chi connectivity index (χ3v) is 2.33. The topological polar surface area (TPSA) is 103 Å². The van der Waals surface area contributed by atoms with E-state index in [1.807, 2.05) is 0 Å². The van der Waals surface area contributed by atoms with Crippen LogP contribution in [0.4, 0.5) is 5.82 Å². The Morgan fingerprint density at radius 2 is 2.29 bits per heavy atom. The first-order valence-corrected chi connectivity index (χ1v) is 5.33. The fourth-order valence-electron chi connectivity index (χ4n) is 1.10. The van der Waals surface area contributed by atoms with Gasteiger partial charge in [0.2, 0.25) is 10.4 Å². The molecule has 17 heavy (non-hydrogen) atoms. The SMILES string of the molecule is Cc1cc(Br)nc([N+](=O)[O-])c1OC(C)C(=O)O. The molecule has 7 nitrogen and oxygen atoms in total. The maximum Gasteiger partial charge on any atom is 0.407 e. The average molecular weight is 305 g/mol. The fraction of sp³-hybridized carbons (Fsp3) is 0.333. The normalized spacial score (nSPS) is 11.9. The number of pyridine rings is 1. The number of carbonyl (C=O) groups is 1. The molecule has 0 bridgehead atoms. The van der Waals surface area contributed by atoms with Crippen LogP contribution in [0.15, 0.2) is 10.7 Å². The standard InChI is InChI=1S/C9H9BrN2O5/c1-4-3-6(10)11-8(12(15)16)7(4)17-5(2)9(13)14/h3,5H,1-2H3,(H,13,14). The van der Waals surface area contributed by atoms with E-state index in [0.717, 1.165) is 0 Å². The third kappa shape index (κ3) is 3.13. The van der Waals surface area contributed by atoms with Gasteiger partial charge in [-0.3, -0.25) is 0 Å². The average Bonchev–Trinajstić information content (AvgIpc) is 2.20. The van der Waals surface area contributed by atoms with Crippen molar-refractivity contribution < 1.29 is 19.6 Å². The van der Waals surface area contributed by atoms with Gasteiger partial charge in [-0.1, -0.05) is 0 Å². The highest BCUT2D eigenvalue weighted by atomic mass is 79.9. The summed E-state index contributed by atoms with van der Waals surface area (Å²) in [7, 11) is 0. The Hall–Kier alpha value is -1.70. The number of halogens is 1. The molecule has 1 aromatic rings. The number of nitro groups is 1. The first-order chi connectivity index (χ1) is 7.82. The van der Waals surface area contributed by atoms with Gasteiger partial charge in [-0.2, -0.15) is 0 Å². The number of hydrogen-bond donors (Lipinski definition) is 1. The van der Waals surface area contributed by atoms with Crippen LogP contribution in [0.1, 0.15) is 12.5 Å². The number of carboxylic acid groups (broad SMARTS) is 1. The number of rotatable bonds is 4. The number of aryl methyl sites for hydroxylation is 1. The molecule has 0 aliphatic rings. The predicted molar refractivity (Wildman–Crippen MR) is 61.1 cm³/mol. The van der Waals surface area contributed by atoms with Gasteiger partial charge >= 0.3 is 11.8 Å². The van der Waals surface area contributed by atoms with Crippen LogP contribution >= 0.6 is 15.9 Å². The zero-order valence-corrected chi connectivity index (χ0v) is 10.6. The van der Waals surface area contributed by atoms with Crippen LogP contribution in [0.25, 0.3) is 0 Å². The van der Waals surface area contributed by atoms with Crippen molar-refractivity contribution in [1.82, 2.24) is 4.98 Å². The molecule has 0 fully saturated rings. The van der Waals surface area contributed by atoms with Gasteiger partial charge in [-0.25, -0.2) is 4.79 Å². The van der Waals surface area contributed by atoms with E-state index in [0.29, 0.717) is 5.56 Å². The molecule has 1 atom stereocenters. The molecule has 0 aliphatic heterocycles. The Morgan fingerprint density at radius 3 is 2.76 bits per heavy atom. The van der Waals surface area contributed by atoms with Crippen LogP contribution in [-0.2, 0) is 4.79 Å². The quantitative estimate of drug-likeness (QED) is 0.518. The van der Waals surface area contributed by atoms with Crippen molar-refractivity contribution in [2.45, 2.75) is 20.0 Å². The maximum atomic E-state index is 10.8. The zero-order valence-electron chi connectivity index (χ0n) is 9.01. The van der Waals surface area contributed by atoms with Crippen LogP contribution in [-0.4, -0.2) is 27.1 Å². The molecule has 1 heterocycles. The minimum absolute atomic E-state index is 0.131. The zero-order chi connectivity index (χ0) is 13.2. The Balaban J connectivity index is 3.21. The van der Waals surface area contributed by atoms with Gasteiger partial charge in [0.05, 0.1) is 0 Å². The summed E-state index contributed by atoms with van der Waals surface area (Å²) in [6.45, 7) is 2.86. The number of aromatic nitrogens is 1. The molecule has 0 saturated carbocycles. The molecule has 0 spiro atoms. The molecule has 1 aromatic heterocycles. The molecule has 0 aliphatic carbocycles. The first kappa shape index (κ1) is 13.4. The Kier molecular flexibility index (Phi) is 4.00. The van der Waals surface area contributed by atoms with E-state index in [4.69, 9.17) is 9.84 Å². The lowest BCUT2D eigenvalue weighted by atomic mass is 10.2. The van der Waals surface area contributed by atoms with E-state index < -0.39 is 22.8 Å². The van der Waals surface area contributed by atoms with Crippen LogP contribution in [0.5, 0.6) is 5.75 Å². The van der Waals surface area contributed by atoms with Gasteiger partial charge in [-0.15, -0.1) is 0 Å². The van der Waals surface area contributed by atoms with Crippen molar-refractivity contribution in [2.75, 3.05) is 0 Å². The van der Waals surface area contributed by atoms with Gasteiger partial charge in [0.15, 0.2) is 6.10 Å². The Morgan fingerprint density at radius 1 is 1.71 bits per heavy atom. The third-order valence-electron chi connectivity index (χ3n) is 1.92. The fourth-order valence-corrected chi connectivity index (χ4v) is 1.61. The lowest BCUT2D eigenvalue weighted by Gasteiger charge is -2.12. The molecule has 0 saturated heterocycles. The monoisotopic (exact) mass is 304 g/mol. The number of ether oxygens (including phenoxy) is 1. The molecule has 0 radical (unpaired) electrons. The predicted octanol–water partition coefficient (Wildman–Crippen LogP) is 1.91. The lowest BCUT2D eigenvalue weighted by molar-refractivity contribution is -0.390. The Bertz CT molecular complexity index is 477. The Labute approximate surface area is 105 Å². The molecular formula is C9H9BrN2O5. The lowest BCUT2D eigenvalue weighted by Crippen LogP contribution is -2.23. The van der Waals surface area contributed by atoms with Gasteiger partial charge in [0.25, 0.3) is 0 Å². The largest absolute Gasteiger partial charge is 0.479 e. The van der Waals surface area contributed by atoms with Crippen molar-refractivity contribution in [2.24, 2.45) is 0 Å². The molecule has 1 unspecified atom stereocenters. The minimum Gasteiger partial charge on any atom is -0.479 e. The van der Waals surface area contributed by atoms with E-state index >= 15 is 0 Å². The first-order valence-electron chi connectivity index (χ1n) is 4.54. The van der Waals surface area contributed by atoms with Crippen molar-refractivity contribution in [3.8, 4) is 5.75 Å². The van der Waals surface area contributed by atoms with Crippen LogP contribution in [0.2, 0.25) is 0 Å². The molecule has 0 amide bonds. The van der Waals surface area contributed by atoms with E-state index in [9.17, 15) is 14.9 Å². The van der Waals surface area contributed by atoms with Gasteiger partial charge in [-0.05, 0) is 23.8 Å². The highest BCUT2D eigenvalue weighted by Gasteiger charge is 2.25. The number of carboxylic acids is 1. The minimum atomic E-state index is -1.21. The summed E-state index contributed by atoms with van der Waals surface area (Å²) in [6, 6.07) is 1.51. The summed E-state index contributed by atoms with van der Waals surface area (Å²) in [6.07, 6.45) is -1.18. The highest BCUT2D eigenvalue weighted by molar-refractivity contribution is 9.10. The molecule has 1 N–H and O–H groups in total. The van der Waals surface area contributed by atoms with E-state index in [2.05, 4.69) is 20.9 Å². The van der Waals surface area contributed by atoms with Crippen molar-refractivity contribution in [1.29, 1.82) is 0 Å². The highest BCUT2D eigenvalue weighted by Crippen LogP contribution is 2.31. The molecule has 0 aromatic carbocycles. The second kappa shape index (κ2) is 5.09. The van der Waals surface area contributed by atoms with Crippen molar-refractivity contribution >= 4 is 27.7 Å². The van der Waals surface area contributed by atoms with Crippen LogP contribution in [0, 0.1) is 17.0 Å². The van der Waals surface area contributed by atoms with Crippen molar-refractivity contribution in [3.63, 3.8) is 0 Å². The second-order valence-corrected chi connectivity index (χ2v) is 4.08. The van der Waals surface area contributed by atoms with E-state index in [1.165, 1.54) is 13.0 Å². The second-order valence-electron chi connectivity index (χ2n) is 3.27. The van der Waals surface area contributed by atoms with Gasteiger partial charge in [0.1, 0.15) is 0 Å².